The Morgan fingerprint density at radius 1 is 0.549 bits per heavy atom. The van der Waals surface area contributed by atoms with Crippen molar-refractivity contribution in [3.05, 3.63) is 103 Å². The molecule has 14 heteroatoms. The summed E-state index contributed by atoms with van der Waals surface area (Å²) in [5, 5.41) is 0. The molecule has 14 nitrogen and oxygen atoms in total. The third kappa shape index (κ3) is 15.2. The van der Waals surface area contributed by atoms with E-state index in [-0.39, 0.29) is 56.0 Å². The molecule has 51 heavy (non-hydrogen) atoms. The molecule has 0 aromatic heterocycles. The Kier molecular flexibility index (Phi) is 16.6. The smallest absolute Gasteiger partial charge is 0.463 e. The first-order valence-corrected chi connectivity index (χ1v) is 15.7. The highest BCUT2D eigenvalue weighted by Crippen LogP contribution is 2.25. The summed E-state index contributed by atoms with van der Waals surface area (Å²) in [7, 11) is 0. The topological polar surface area (TPSA) is 168 Å². The third-order valence-corrected chi connectivity index (χ3v) is 6.45. The minimum absolute atomic E-state index is 0.0823. The molecule has 0 heterocycles. The monoisotopic (exact) mass is 706 g/mol. The highest BCUT2D eigenvalue weighted by atomic mass is 16.7. The first-order valence-electron chi connectivity index (χ1n) is 15.7. The standard InChI is InChI=1S/C37H38O14/c1-4-33(38)43-20-6-8-22-45-36(41)50-29-12-10-27(11-13-29)35(40)49-31-18-19-32(26(3)24-31)48-25-47-28-14-16-30(17-15-28)51-37(42)46-23-9-7-21-44-34(39)5-2/h4-5,10-19,24H,1-2,6-9,20-23,25H2,3H3. The third-order valence-electron chi connectivity index (χ3n) is 6.45. The molecule has 0 spiro atoms. The Labute approximate surface area is 294 Å². The second-order valence-corrected chi connectivity index (χ2v) is 10.3. The fourth-order valence-electron chi connectivity index (χ4n) is 3.87. The van der Waals surface area contributed by atoms with Crippen LogP contribution < -0.4 is 23.7 Å². The quantitative estimate of drug-likeness (QED) is 0.0232. The van der Waals surface area contributed by atoms with E-state index in [2.05, 4.69) is 13.2 Å². The first kappa shape index (κ1) is 39.1. The molecular formula is C37H38O14. The largest absolute Gasteiger partial charge is 0.513 e. The zero-order chi connectivity index (χ0) is 36.8. The number of carbonyl (C=O) groups is 5. The molecule has 0 saturated heterocycles. The number of carbonyl (C=O) groups excluding carboxylic acids is 5. The van der Waals surface area contributed by atoms with Crippen molar-refractivity contribution >= 4 is 30.2 Å². The molecule has 3 aromatic carbocycles. The minimum Gasteiger partial charge on any atom is -0.463 e. The van der Waals surface area contributed by atoms with Gasteiger partial charge in [0, 0.05) is 12.2 Å². The lowest BCUT2D eigenvalue weighted by Gasteiger charge is -2.12. The van der Waals surface area contributed by atoms with Crippen LogP contribution in [0.25, 0.3) is 0 Å². The number of ether oxygens (including phenoxy) is 9. The molecule has 0 aliphatic carbocycles. The Morgan fingerprint density at radius 2 is 1.00 bits per heavy atom. The van der Waals surface area contributed by atoms with Gasteiger partial charge >= 0.3 is 30.2 Å². The summed E-state index contributed by atoms with van der Waals surface area (Å²) in [5.41, 5.74) is 0.911. The number of benzene rings is 3. The van der Waals surface area contributed by atoms with E-state index in [1.807, 2.05) is 0 Å². The molecule has 0 saturated carbocycles. The van der Waals surface area contributed by atoms with Crippen molar-refractivity contribution in [2.45, 2.75) is 32.6 Å². The van der Waals surface area contributed by atoms with Crippen LogP contribution in [0.5, 0.6) is 28.7 Å². The zero-order valence-electron chi connectivity index (χ0n) is 28.0. The number of rotatable bonds is 20. The molecule has 0 aliphatic heterocycles. The van der Waals surface area contributed by atoms with Gasteiger partial charge in [0.15, 0.2) is 0 Å². The lowest BCUT2D eigenvalue weighted by Crippen LogP contribution is -2.13. The average molecular weight is 707 g/mol. The Morgan fingerprint density at radius 3 is 1.49 bits per heavy atom. The van der Waals surface area contributed by atoms with Crippen LogP contribution in [0.15, 0.2) is 92.0 Å². The van der Waals surface area contributed by atoms with Gasteiger partial charge in [-0.25, -0.2) is 24.0 Å². The maximum Gasteiger partial charge on any atom is 0.513 e. The zero-order valence-corrected chi connectivity index (χ0v) is 28.0. The molecule has 270 valence electrons. The Balaban J connectivity index is 1.34. The van der Waals surface area contributed by atoms with Crippen molar-refractivity contribution in [3.8, 4) is 28.7 Å². The normalized spacial score (nSPS) is 10.1. The Bertz CT molecular complexity index is 1630. The molecule has 3 rings (SSSR count). The van der Waals surface area contributed by atoms with Gasteiger partial charge in [-0.05, 0) is 105 Å². The SMILES string of the molecule is C=CC(=O)OCCCCOC(=O)Oc1ccc(OCOc2ccc(OC(=O)c3ccc(OC(=O)OCCCCOC(=O)C=C)cc3)cc2C)cc1. The van der Waals surface area contributed by atoms with Gasteiger partial charge in [0.05, 0.1) is 32.0 Å². The lowest BCUT2D eigenvalue weighted by atomic mass is 10.2. The molecule has 0 fully saturated rings. The van der Waals surface area contributed by atoms with Crippen molar-refractivity contribution in [2.75, 3.05) is 33.2 Å². The highest BCUT2D eigenvalue weighted by Gasteiger charge is 2.13. The molecule has 0 bridgehead atoms. The fraction of sp³-hybridized carbons (Fsp3) is 0.270. The molecule has 0 radical (unpaired) electrons. The van der Waals surface area contributed by atoms with Gasteiger partial charge < -0.3 is 42.6 Å². The van der Waals surface area contributed by atoms with E-state index in [0.29, 0.717) is 42.7 Å². The summed E-state index contributed by atoms with van der Waals surface area (Å²) in [4.78, 5) is 58.4. The van der Waals surface area contributed by atoms with Crippen LogP contribution >= 0.6 is 0 Å². The van der Waals surface area contributed by atoms with E-state index in [9.17, 15) is 24.0 Å². The van der Waals surface area contributed by atoms with Crippen LogP contribution in [-0.4, -0.2) is 63.4 Å². The first-order chi connectivity index (χ1) is 24.7. The van der Waals surface area contributed by atoms with Crippen LogP contribution in [-0.2, 0) is 28.5 Å². The Hall–Kier alpha value is -6.31. The molecule has 0 amide bonds. The second kappa shape index (κ2) is 21.6. The molecule has 0 N–H and O–H groups in total. The molecule has 3 aromatic rings. The second-order valence-electron chi connectivity index (χ2n) is 10.3. The number of esters is 3. The van der Waals surface area contributed by atoms with Crippen molar-refractivity contribution in [1.82, 2.24) is 0 Å². The predicted octanol–water partition coefficient (Wildman–Crippen LogP) is 6.68. The van der Waals surface area contributed by atoms with E-state index in [1.54, 1.807) is 37.3 Å². The predicted molar refractivity (Wildman–Crippen MR) is 180 cm³/mol. The fourth-order valence-corrected chi connectivity index (χ4v) is 3.87. The summed E-state index contributed by atoms with van der Waals surface area (Å²) < 4.78 is 46.6. The number of aryl methyl sites for hydroxylation is 1. The summed E-state index contributed by atoms with van der Waals surface area (Å²) >= 11 is 0. The van der Waals surface area contributed by atoms with Crippen LogP contribution in [0.2, 0.25) is 0 Å². The number of hydrogen-bond donors (Lipinski definition) is 0. The van der Waals surface area contributed by atoms with Crippen LogP contribution in [0, 0.1) is 6.92 Å². The van der Waals surface area contributed by atoms with E-state index < -0.39 is 30.2 Å². The molecule has 0 aliphatic rings. The van der Waals surface area contributed by atoms with Gasteiger partial charge in [0.2, 0.25) is 6.79 Å². The van der Waals surface area contributed by atoms with Gasteiger partial charge in [-0.3, -0.25) is 0 Å². The van der Waals surface area contributed by atoms with E-state index in [1.165, 1.54) is 36.4 Å². The van der Waals surface area contributed by atoms with E-state index in [0.717, 1.165) is 12.2 Å². The minimum atomic E-state index is -0.907. The van der Waals surface area contributed by atoms with Gasteiger partial charge in [0.25, 0.3) is 0 Å². The van der Waals surface area contributed by atoms with Crippen molar-refractivity contribution < 1.29 is 66.6 Å². The maximum absolute atomic E-state index is 12.7. The van der Waals surface area contributed by atoms with Crippen molar-refractivity contribution in [3.63, 3.8) is 0 Å². The van der Waals surface area contributed by atoms with Crippen molar-refractivity contribution in [1.29, 1.82) is 0 Å². The molecular weight excluding hydrogens is 668 g/mol. The highest BCUT2D eigenvalue weighted by molar-refractivity contribution is 5.91. The molecule has 0 unspecified atom stereocenters. The van der Waals surface area contributed by atoms with Gasteiger partial charge in [-0.1, -0.05) is 13.2 Å². The number of hydrogen-bond acceptors (Lipinski definition) is 14. The summed E-state index contributed by atoms with van der Waals surface area (Å²) in [5.74, 6) is 0.0395. The van der Waals surface area contributed by atoms with Gasteiger partial charge in [-0.15, -0.1) is 0 Å². The van der Waals surface area contributed by atoms with Crippen LogP contribution in [0.1, 0.15) is 41.6 Å². The van der Waals surface area contributed by atoms with Crippen LogP contribution in [0.3, 0.4) is 0 Å². The summed E-state index contributed by atoms with van der Waals surface area (Å²) in [6.45, 7) is 8.84. The van der Waals surface area contributed by atoms with Gasteiger partial charge in [0.1, 0.15) is 28.7 Å². The van der Waals surface area contributed by atoms with E-state index in [4.69, 9.17) is 42.6 Å². The molecule has 0 atom stereocenters. The van der Waals surface area contributed by atoms with E-state index >= 15 is 0 Å². The maximum atomic E-state index is 12.7. The number of unbranched alkanes of at least 4 members (excludes halogenated alkanes) is 2. The lowest BCUT2D eigenvalue weighted by molar-refractivity contribution is -0.138. The van der Waals surface area contributed by atoms with Crippen LogP contribution in [0.4, 0.5) is 9.59 Å². The van der Waals surface area contributed by atoms with Gasteiger partial charge in [-0.2, -0.15) is 0 Å². The average Bonchev–Trinajstić information content (AvgIpc) is 3.12. The summed E-state index contributed by atoms with van der Waals surface area (Å²) in [6, 6.07) is 16.8. The summed E-state index contributed by atoms with van der Waals surface area (Å²) in [6.07, 6.45) is 2.38. The van der Waals surface area contributed by atoms with Crippen molar-refractivity contribution in [2.24, 2.45) is 0 Å².